The molecule has 0 aliphatic heterocycles. The Bertz CT molecular complexity index is 1120. The number of unbranched alkanes of at least 4 members (excludes halogenated alkanes) is 1. The molecular weight excluding hydrogens is 430 g/mol. The summed E-state index contributed by atoms with van der Waals surface area (Å²) in [5.74, 6) is 0.392. The van der Waals surface area contributed by atoms with Crippen molar-refractivity contribution in [3.8, 4) is 5.75 Å². The molecular formula is C27H31N3O4. The molecule has 34 heavy (non-hydrogen) atoms. The zero-order valence-corrected chi connectivity index (χ0v) is 19.6. The van der Waals surface area contributed by atoms with Gasteiger partial charge >= 0.3 is 6.09 Å². The lowest BCUT2D eigenvalue weighted by Crippen LogP contribution is -2.47. The van der Waals surface area contributed by atoms with Crippen molar-refractivity contribution in [2.24, 2.45) is 5.10 Å². The number of hydrazone groups is 1. The van der Waals surface area contributed by atoms with E-state index < -0.39 is 18.0 Å². The predicted molar refractivity (Wildman–Crippen MR) is 134 cm³/mol. The van der Waals surface area contributed by atoms with E-state index in [4.69, 9.17) is 9.47 Å². The van der Waals surface area contributed by atoms with Crippen LogP contribution in [0, 0.1) is 0 Å². The first-order chi connectivity index (χ1) is 16.6. The highest BCUT2D eigenvalue weighted by Gasteiger charge is 2.21. The summed E-state index contributed by atoms with van der Waals surface area (Å²) in [4.78, 5) is 24.8. The summed E-state index contributed by atoms with van der Waals surface area (Å²) >= 11 is 0. The van der Waals surface area contributed by atoms with E-state index >= 15 is 0 Å². The monoisotopic (exact) mass is 461 g/mol. The quantitative estimate of drug-likeness (QED) is 0.243. The lowest BCUT2D eigenvalue weighted by molar-refractivity contribution is -0.123. The van der Waals surface area contributed by atoms with Gasteiger partial charge < -0.3 is 14.8 Å². The summed E-state index contributed by atoms with van der Waals surface area (Å²) < 4.78 is 10.9. The maximum atomic E-state index is 12.8. The molecule has 0 aliphatic carbocycles. The van der Waals surface area contributed by atoms with E-state index in [0.29, 0.717) is 13.0 Å². The van der Waals surface area contributed by atoms with Crippen molar-refractivity contribution in [1.29, 1.82) is 0 Å². The lowest BCUT2D eigenvalue weighted by atomic mass is 10.0. The van der Waals surface area contributed by atoms with Crippen LogP contribution in [0.25, 0.3) is 10.8 Å². The van der Waals surface area contributed by atoms with Crippen LogP contribution in [0.4, 0.5) is 4.79 Å². The van der Waals surface area contributed by atoms with Crippen LogP contribution in [0.5, 0.6) is 5.75 Å². The second-order valence-electron chi connectivity index (χ2n) is 7.74. The first-order valence-corrected chi connectivity index (χ1v) is 11.6. The fraction of sp³-hybridized carbons (Fsp3) is 0.296. The Labute approximate surface area is 200 Å². The molecule has 0 bridgehead atoms. The van der Waals surface area contributed by atoms with Crippen LogP contribution in [0.2, 0.25) is 0 Å². The van der Waals surface area contributed by atoms with Crippen molar-refractivity contribution in [3.05, 3.63) is 77.9 Å². The van der Waals surface area contributed by atoms with Crippen molar-refractivity contribution in [1.82, 2.24) is 10.7 Å². The largest absolute Gasteiger partial charge is 0.493 e. The highest BCUT2D eigenvalue weighted by molar-refractivity contribution is 6.02. The van der Waals surface area contributed by atoms with Gasteiger partial charge in [-0.2, -0.15) is 5.10 Å². The van der Waals surface area contributed by atoms with Gasteiger partial charge in [-0.3, -0.25) is 4.79 Å². The van der Waals surface area contributed by atoms with E-state index in [1.165, 1.54) is 0 Å². The number of fused-ring (bicyclic) bond motifs is 1. The smallest absolute Gasteiger partial charge is 0.407 e. The minimum Gasteiger partial charge on any atom is -0.493 e. The Balaban J connectivity index is 1.73. The number of amides is 2. The Morgan fingerprint density at radius 1 is 0.971 bits per heavy atom. The highest BCUT2D eigenvalue weighted by Crippen LogP contribution is 2.28. The summed E-state index contributed by atoms with van der Waals surface area (Å²) in [6, 6.07) is 20.4. The molecule has 0 saturated heterocycles. The first-order valence-electron chi connectivity index (χ1n) is 11.6. The van der Waals surface area contributed by atoms with Gasteiger partial charge in [-0.15, -0.1) is 0 Å². The molecule has 0 saturated carbocycles. The van der Waals surface area contributed by atoms with Crippen LogP contribution >= 0.6 is 0 Å². The van der Waals surface area contributed by atoms with Gasteiger partial charge in [0.2, 0.25) is 0 Å². The Morgan fingerprint density at radius 2 is 1.71 bits per heavy atom. The number of hydrogen-bond acceptors (Lipinski definition) is 5. The molecule has 0 heterocycles. The average Bonchev–Trinajstić information content (AvgIpc) is 2.85. The molecule has 0 aromatic heterocycles. The van der Waals surface area contributed by atoms with E-state index in [1.54, 1.807) is 13.1 Å². The minimum absolute atomic E-state index is 0.217. The summed E-state index contributed by atoms with van der Waals surface area (Å²) in [5, 5.41) is 8.73. The van der Waals surface area contributed by atoms with Gasteiger partial charge in [0, 0.05) is 17.4 Å². The third-order valence-electron chi connectivity index (χ3n) is 5.22. The number of nitrogens with one attached hydrogen (secondary N) is 2. The Hall–Kier alpha value is -3.87. The lowest BCUT2D eigenvalue weighted by Gasteiger charge is -2.17. The number of alkyl carbamates (subject to hydrolysis) is 1. The Morgan fingerprint density at radius 3 is 2.44 bits per heavy atom. The molecule has 0 aliphatic rings. The molecule has 7 nitrogen and oxygen atoms in total. The molecule has 3 rings (SSSR count). The van der Waals surface area contributed by atoms with Crippen LogP contribution in [0.3, 0.4) is 0 Å². The molecule has 3 aromatic rings. The maximum absolute atomic E-state index is 12.8. The standard InChI is InChI=1S/C27H31N3O4/c1-3-5-17-34-25-16-15-21(22-13-9-10-14-23(22)25)19-28-30-26(31)24(29-27(32)33-4-2)18-20-11-7-6-8-12-20/h6-16,19,24H,3-5,17-18H2,1-2H3,(H,29,32)(H,30,31)/b28-19-/t24-/m0/s1. The van der Waals surface area contributed by atoms with Gasteiger partial charge in [-0.25, -0.2) is 10.2 Å². The summed E-state index contributed by atoms with van der Waals surface area (Å²) in [5.41, 5.74) is 4.30. The van der Waals surface area contributed by atoms with Gasteiger partial charge in [0.1, 0.15) is 11.8 Å². The van der Waals surface area contributed by atoms with Gasteiger partial charge in [-0.1, -0.05) is 67.9 Å². The maximum Gasteiger partial charge on any atom is 0.407 e. The molecule has 0 unspecified atom stereocenters. The highest BCUT2D eigenvalue weighted by atomic mass is 16.5. The molecule has 1 atom stereocenters. The van der Waals surface area contributed by atoms with Crippen molar-refractivity contribution in [3.63, 3.8) is 0 Å². The SMILES string of the molecule is CCCCOc1ccc(/C=N\NC(=O)[C@H](Cc2ccccc2)NC(=O)OCC)c2ccccc12. The van der Waals surface area contributed by atoms with E-state index in [1.807, 2.05) is 66.7 Å². The number of ether oxygens (including phenoxy) is 2. The van der Waals surface area contributed by atoms with Crippen molar-refractivity contribution in [2.45, 2.75) is 39.2 Å². The molecule has 178 valence electrons. The van der Waals surface area contributed by atoms with Crippen molar-refractivity contribution < 1.29 is 19.1 Å². The molecule has 7 heteroatoms. The number of carbonyl (C=O) groups excluding carboxylic acids is 2. The molecule has 3 aromatic carbocycles. The fourth-order valence-corrected chi connectivity index (χ4v) is 3.48. The number of benzene rings is 3. The van der Waals surface area contributed by atoms with Gasteiger partial charge in [0.15, 0.2) is 0 Å². The van der Waals surface area contributed by atoms with Crippen molar-refractivity contribution in [2.75, 3.05) is 13.2 Å². The number of rotatable bonds is 11. The normalized spacial score (nSPS) is 11.8. The van der Waals surface area contributed by atoms with Crippen LogP contribution in [-0.2, 0) is 16.0 Å². The summed E-state index contributed by atoms with van der Waals surface area (Å²) in [7, 11) is 0. The second-order valence-corrected chi connectivity index (χ2v) is 7.74. The summed E-state index contributed by atoms with van der Waals surface area (Å²) in [6.45, 7) is 4.72. The molecule has 0 fully saturated rings. The van der Waals surface area contributed by atoms with Crippen LogP contribution in [0.15, 0.2) is 71.8 Å². The third kappa shape index (κ3) is 7.07. The topological polar surface area (TPSA) is 89.0 Å². The third-order valence-corrected chi connectivity index (χ3v) is 5.22. The van der Waals surface area contributed by atoms with E-state index in [9.17, 15) is 9.59 Å². The molecule has 0 radical (unpaired) electrons. The van der Waals surface area contributed by atoms with E-state index in [0.717, 1.165) is 40.5 Å². The van der Waals surface area contributed by atoms with Gasteiger partial charge in [0.05, 0.1) is 19.4 Å². The zero-order valence-electron chi connectivity index (χ0n) is 19.6. The van der Waals surface area contributed by atoms with Gasteiger partial charge in [0.25, 0.3) is 5.91 Å². The zero-order chi connectivity index (χ0) is 24.2. The Kier molecular flexibility index (Phi) is 9.46. The number of carbonyl (C=O) groups is 2. The minimum atomic E-state index is -0.829. The summed E-state index contributed by atoms with van der Waals surface area (Å²) in [6.07, 6.45) is 3.33. The molecule has 2 N–H and O–H groups in total. The average molecular weight is 462 g/mol. The van der Waals surface area contributed by atoms with Crippen LogP contribution in [-0.4, -0.2) is 37.5 Å². The van der Waals surface area contributed by atoms with Crippen molar-refractivity contribution >= 4 is 29.0 Å². The van der Waals surface area contributed by atoms with E-state index in [2.05, 4.69) is 22.8 Å². The number of hydrogen-bond donors (Lipinski definition) is 2. The van der Waals surface area contributed by atoms with E-state index in [-0.39, 0.29) is 6.61 Å². The number of nitrogens with zero attached hydrogens (tertiary/aromatic N) is 1. The van der Waals surface area contributed by atoms with Gasteiger partial charge in [-0.05, 0) is 36.4 Å². The van der Waals surface area contributed by atoms with Crippen LogP contribution < -0.4 is 15.5 Å². The fourth-order valence-electron chi connectivity index (χ4n) is 3.48. The predicted octanol–water partition coefficient (Wildman–Crippen LogP) is 4.83. The molecule has 0 spiro atoms. The first kappa shape index (κ1) is 24.8. The van der Waals surface area contributed by atoms with Crippen LogP contribution in [0.1, 0.15) is 37.8 Å². The molecule has 2 amide bonds. The second kappa shape index (κ2) is 13.0.